The number of amides is 2. The lowest BCUT2D eigenvalue weighted by atomic mass is 9.81. The van der Waals surface area contributed by atoms with Crippen molar-refractivity contribution in [2.24, 2.45) is 12.5 Å². The second-order valence-corrected chi connectivity index (χ2v) is 7.91. The first-order valence-electron chi connectivity index (χ1n) is 9.65. The van der Waals surface area contributed by atoms with Gasteiger partial charge in [-0.1, -0.05) is 6.92 Å². The van der Waals surface area contributed by atoms with Crippen LogP contribution in [0.3, 0.4) is 0 Å². The molecule has 4 rings (SSSR count). The number of ether oxygens (including phenoxy) is 1. The first kappa shape index (κ1) is 19.3. The summed E-state index contributed by atoms with van der Waals surface area (Å²) < 4.78 is 7.19. The zero-order valence-corrected chi connectivity index (χ0v) is 16.9. The molecule has 1 aromatic carbocycles. The molecule has 1 fully saturated rings. The number of hydrogen-bond donors (Lipinski definition) is 3. The minimum Gasteiger partial charge on any atom is -0.494 e. The quantitative estimate of drug-likeness (QED) is 0.626. The summed E-state index contributed by atoms with van der Waals surface area (Å²) in [7, 11) is 3.46. The summed E-state index contributed by atoms with van der Waals surface area (Å²) in [6.07, 6.45) is 5.24. The molecule has 1 aliphatic rings. The molecule has 0 unspecified atom stereocenters. The molecule has 154 valence electrons. The third-order valence-corrected chi connectivity index (χ3v) is 5.71. The number of aliphatic hydroxyl groups excluding tert-OH is 1. The highest BCUT2D eigenvalue weighted by atomic mass is 16.5. The molecule has 2 amide bonds. The number of rotatable bonds is 4. The van der Waals surface area contributed by atoms with Crippen LogP contribution in [0, 0.1) is 5.41 Å². The lowest BCUT2D eigenvalue weighted by Gasteiger charge is -2.37. The number of H-pyrrole nitrogens is 1. The number of aromatic nitrogens is 4. The molecule has 1 aliphatic heterocycles. The number of nitrogens with one attached hydrogen (secondary N) is 2. The van der Waals surface area contributed by atoms with Crippen LogP contribution in [0.4, 0.5) is 10.7 Å². The summed E-state index contributed by atoms with van der Waals surface area (Å²) in [4.78, 5) is 22.2. The molecular formula is C20H26N6O3. The summed E-state index contributed by atoms with van der Waals surface area (Å²) in [5.74, 6) is 1.02. The number of aryl methyl sites for hydroxylation is 1. The van der Waals surface area contributed by atoms with Crippen LogP contribution < -0.4 is 10.1 Å². The maximum Gasteiger partial charge on any atom is 0.324 e. The second kappa shape index (κ2) is 7.40. The average Bonchev–Trinajstić information content (AvgIpc) is 3.33. The van der Waals surface area contributed by atoms with Crippen LogP contribution in [-0.2, 0) is 7.05 Å². The van der Waals surface area contributed by atoms with Crippen molar-refractivity contribution in [2.75, 3.05) is 32.1 Å². The van der Waals surface area contributed by atoms with Crippen LogP contribution in [0.2, 0.25) is 0 Å². The van der Waals surface area contributed by atoms with Crippen LogP contribution in [0.15, 0.2) is 24.5 Å². The number of likely N-dealkylation sites (tertiary alicyclic amines) is 1. The van der Waals surface area contributed by atoms with Crippen molar-refractivity contribution in [1.29, 1.82) is 0 Å². The summed E-state index contributed by atoms with van der Waals surface area (Å²) in [6.45, 7) is 3.40. The van der Waals surface area contributed by atoms with E-state index in [2.05, 4.69) is 20.4 Å². The number of aromatic amines is 1. The smallest absolute Gasteiger partial charge is 0.324 e. The Morgan fingerprint density at radius 1 is 1.38 bits per heavy atom. The van der Waals surface area contributed by atoms with Gasteiger partial charge in [0.25, 0.3) is 0 Å². The summed E-state index contributed by atoms with van der Waals surface area (Å²) in [6, 6.07) is 3.60. The van der Waals surface area contributed by atoms with Crippen LogP contribution in [0.1, 0.15) is 19.8 Å². The first-order valence-corrected chi connectivity index (χ1v) is 9.65. The van der Waals surface area contributed by atoms with Gasteiger partial charge in [-0.3, -0.25) is 10.00 Å². The van der Waals surface area contributed by atoms with Gasteiger partial charge in [0, 0.05) is 44.1 Å². The monoisotopic (exact) mass is 398 g/mol. The third-order valence-electron chi connectivity index (χ3n) is 5.71. The number of hydrogen-bond acceptors (Lipinski definition) is 5. The van der Waals surface area contributed by atoms with E-state index in [0.29, 0.717) is 30.3 Å². The molecular weight excluding hydrogens is 372 g/mol. The number of benzene rings is 1. The number of methoxy groups -OCH3 is 1. The average molecular weight is 398 g/mol. The lowest BCUT2D eigenvalue weighted by Crippen LogP contribution is -2.45. The second-order valence-electron chi connectivity index (χ2n) is 7.91. The van der Waals surface area contributed by atoms with Crippen molar-refractivity contribution >= 4 is 23.0 Å². The Labute approximate surface area is 168 Å². The molecule has 3 N–H and O–H groups in total. The van der Waals surface area contributed by atoms with Gasteiger partial charge in [-0.2, -0.15) is 5.10 Å². The van der Waals surface area contributed by atoms with Gasteiger partial charge in [0.1, 0.15) is 16.8 Å². The van der Waals surface area contributed by atoms with Gasteiger partial charge >= 0.3 is 6.03 Å². The Morgan fingerprint density at radius 2 is 2.14 bits per heavy atom. The van der Waals surface area contributed by atoms with Crippen LogP contribution in [-0.4, -0.2) is 62.6 Å². The van der Waals surface area contributed by atoms with Crippen molar-refractivity contribution in [3.63, 3.8) is 0 Å². The van der Waals surface area contributed by atoms with Gasteiger partial charge < -0.3 is 19.7 Å². The number of imidazole rings is 1. The molecule has 1 saturated heterocycles. The molecule has 9 nitrogen and oxygen atoms in total. The zero-order valence-electron chi connectivity index (χ0n) is 16.9. The van der Waals surface area contributed by atoms with Gasteiger partial charge in [-0.15, -0.1) is 0 Å². The van der Waals surface area contributed by atoms with Gasteiger partial charge in [-0.05, 0) is 30.4 Å². The minimum absolute atomic E-state index is 0.109. The van der Waals surface area contributed by atoms with Crippen molar-refractivity contribution in [3.05, 3.63) is 24.5 Å². The van der Waals surface area contributed by atoms with Crippen molar-refractivity contribution in [2.45, 2.75) is 19.8 Å². The maximum atomic E-state index is 12.7. The summed E-state index contributed by atoms with van der Waals surface area (Å²) in [5.41, 5.74) is 3.16. The molecule has 0 aliphatic carbocycles. The number of carbonyl (C=O) groups is 1. The van der Waals surface area contributed by atoms with E-state index in [9.17, 15) is 9.90 Å². The van der Waals surface area contributed by atoms with E-state index < -0.39 is 0 Å². The highest BCUT2D eigenvalue weighted by molar-refractivity contribution is 5.98. The number of anilines is 1. The first-order chi connectivity index (χ1) is 13.9. The highest BCUT2D eigenvalue weighted by Crippen LogP contribution is 2.34. The van der Waals surface area contributed by atoms with Crippen molar-refractivity contribution in [1.82, 2.24) is 24.6 Å². The number of carbonyl (C=O) groups excluding carboxylic acids is 1. The number of aliphatic hydroxyl groups is 1. The third kappa shape index (κ3) is 3.65. The molecule has 0 radical (unpaired) electrons. The lowest BCUT2D eigenvalue weighted by molar-refractivity contribution is 0.0727. The van der Waals surface area contributed by atoms with Crippen LogP contribution in [0.5, 0.6) is 5.75 Å². The Kier molecular flexibility index (Phi) is 4.91. The van der Waals surface area contributed by atoms with Gasteiger partial charge in [0.15, 0.2) is 0 Å². The molecule has 0 bridgehead atoms. The Hall–Kier alpha value is -3.07. The molecule has 0 atom stereocenters. The molecule has 3 heterocycles. The fraction of sp³-hybridized carbons (Fsp3) is 0.450. The van der Waals surface area contributed by atoms with E-state index in [0.717, 1.165) is 29.5 Å². The summed E-state index contributed by atoms with van der Waals surface area (Å²) >= 11 is 0. The fourth-order valence-corrected chi connectivity index (χ4v) is 3.68. The van der Waals surface area contributed by atoms with Gasteiger partial charge in [-0.25, -0.2) is 9.78 Å². The zero-order chi connectivity index (χ0) is 20.6. The standard InChI is InChI=1S/C20H26N6O3/c1-20(12-27)6-8-26(9-7-20)19(28)24-18-22-16-14(13-10-21-25(2)11-13)4-5-15(29-3)17(16)23-18/h4-5,10-11,27H,6-9,12H2,1-3H3,(H2,22,23,24,28). The van der Waals surface area contributed by atoms with E-state index in [-0.39, 0.29) is 18.1 Å². The predicted octanol–water partition coefficient (Wildman–Crippen LogP) is 2.60. The van der Waals surface area contributed by atoms with Gasteiger partial charge in [0.05, 0.1) is 13.3 Å². The minimum atomic E-state index is -0.203. The molecule has 2 aromatic heterocycles. The molecule has 3 aromatic rings. The Morgan fingerprint density at radius 3 is 2.76 bits per heavy atom. The van der Waals surface area contributed by atoms with E-state index >= 15 is 0 Å². The number of fused-ring (bicyclic) bond motifs is 1. The Bertz CT molecular complexity index is 1030. The fourth-order valence-electron chi connectivity index (χ4n) is 3.68. The van der Waals surface area contributed by atoms with E-state index in [1.54, 1.807) is 22.9 Å². The molecule has 29 heavy (non-hydrogen) atoms. The van der Waals surface area contributed by atoms with Crippen LogP contribution in [0.25, 0.3) is 22.2 Å². The van der Waals surface area contributed by atoms with E-state index in [1.165, 1.54) is 0 Å². The normalized spacial score (nSPS) is 16.2. The largest absolute Gasteiger partial charge is 0.494 e. The van der Waals surface area contributed by atoms with E-state index in [4.69, 9.17) is 4.74 Å². The number of urea groups is 1. The molecule has 0 spiro atoms. The highest BCUT2D eigenvalue weighted by Gasteiger charge is 2.31. The number of nitrogens with zero attached hydrogens (tertiary/aromatic N) is 4. The predicted molar refractivity (Wildman–Crippen MR) is 110 cm³/mol. The number of piperidine rings is 1. The SMILES string of the molecule is COc1ccc(-c2cnn(C)c2)c2nc(NC(=O)N3CCC(C)(CO)CC3)[nH]c12. The topological polar surface area (TPSA) is 108 Å². The van der Waals surface area contributed by atoms with Crippen LogP contribution >= 0.6 is 0 Å². The van der Waals surface area contributed by atoms with Crippen molar-refractivity contribution in [3.8, 4) is 16.9 Å². The van der Waals surface area contributed by atoms with Crippen molar-refractivity contribution < 1.29 is 14.6 Å². The summed E-state index contributed by atoms with van der Waals surface area (Å²) in [5, 5.41) is 16.6. The Balaban J connectivity index is 1.59. The molecule has 9 heteroatoms. The maximum absolute atomic E-state index is 12.7. The molecule has 0 saturated carbocycles. The van der Waals surface area contributed by atoms with E-state index in [1.807, 2.05) is 32.3 Å². The van der Waals surface area contributed by atoms with Gasteiger partial charge in [0.2, 0.25) is 5.95 Å².